The standard InChI is InChI=1S/C67H100O6/c1-4-7-10-13-16-19-22-25-28-31-33-36-39-42-45-48-51-54-57-60-66(69)72-63-64(62-71-65(68)59-56-53-50-47-44-41-38-35-30-27-24-21-18-15-12-9-6-3)73-67(70)61-58-55-52-49-46-43-40-37-34-32-29-26-23-20-17-14-11-8-5-2/h7-12,16-21,25-30,33-34,36-38,41-43,45-46,51,54,64H,4-6,13-15,22-24,31-32,35,39-40,44,47-50,52-53,55-63H2,1-3H3/b10-7-,11-8-,12-9-,19-16-,20-17-,21-18-,28-25-,29-26-,30-27-,36-33-,37-34-,41-38-,45-42-,46-43-,54-51-. The predicted molar refractivity (Wildman–Crippen MR) is 315 cm³/mol. The molecule has 73 heavy (non-hydrogen) atoms. The molecule has 1 atom stereocenters. The largest absolute Gasteiger partial charge is 0.462 e. The van der Waals surface area contributed by atoms with Crippen LogP contribution >= 0.6 is 0 Å². The highest BCUT2D eigenvalue weighted by atomic mass is 16.6. The van der Waals surface area contributed by atoms with E-state index in [-0.39, 0.29) is 44.0 Å². The Morgan fingerprint density at radius 2 is 0.521 bits per heavy atom. The third-order valence-electron chi connectivity index (χ3n) is 10.9. The number of unbranched alkanes of at least 4 members (excludes halogenated alkanes) is 7. The molecule has 404 valence electrons. The van der Waals surface area contributed by atoms with Gasteiger partial charge >= 0.3 is 17.9 Å². The summed E-state index contributed by atoms with van der Waals surface area (Å²) in [6.45, 7) is 6.16. The molecule has 0 rings (SSSR count). The Balaban J connectivity index is 4.66. The van der Waals surface area contributed by atoms with E-state index in [1.54, 1.807) is 0 Å². The normalized spacial score (nSPS) is 13.5. The topological polar surface area (TPSA) is 78.9 Å². The van der Waals surface area contributed by atoms with Gasteiger partial charge in [0.1, 0.15) is 13.2 Å². The number of esters is 3. The second-order valence-corrected chi connectivity index (χ2v) is 17.7. The molecule has 0 aromatic heterocycles. The number of ether oxygens (including phenoxy) is 3. The van der Waals surface area contributed by atoms with Crippen molar-refractivity contribution in [1.29, 1.82) is 0 Å². The molecule has 6 nitrogen and oxygen atoms in total. The van der Waals surface area contributed by atoms with Crippen molar-refractivity contribution in [2.75, 3.05) is 13.2 Å². The third kappa shape index (κ3) is 57.3. The molecular weight excluding hydrogens is 901 g/mol. The van der Waals surface area contributed by atoms with E-state index in [1.165, 1.54) is 0 Å². The van der Waals surface area contributed by atoms with Crippen LogP contribution in [0.3, 0.4) is 0 Å². The minimum absolute atomic E-state index is 0.138. The van der Waals surface area contributed by atoms with Gasteiger partial charge in [0.25, 0.3) is 0 Å². The average Bonchev–Trinajstić information content (AvgIpc) is 3.39. The van der Waals surface area contributed by atoms with Crippen LogP contribution in [0.1, 0.15) is 201 Å². The molecule has 0 bridgehead atoms. The van der Waals surface area contributed by atoms with E-state index in [4.69, 9.17) is 14.2 Å². The van der Waals surface area contributed by atoms with Gasteiger partial charge in [-0.2, -0.15) is 0 Å². The van der Waals surface area contributed by atoms with Crippen LogP contribution in [0.15, 0.2) is 182 Å². The van der Waals surface area contributed by atoms with Gasteiger partial charge in [-0.3, -0.25) is 14.4 Å². The van der Waals surface area contributed by atoms with Crippen molar-refractivity contribution >= 4 is 17.9 Å². The van der Waals surface area contributed by atoms with E-state index in [2.05, 4.69) is 191 Å². The van der Waals surface area contributed by atoms with Gasteiger partial charge in [-0.15, -0.1) is 0 Å². The van der Waals surface area contributed by atoms with Gasteiger partial charge in [0.2, 0.25) is 0 Å². The fourth-order valence-corrected chi connectivity index (χ4v) is 6.78. The Bertz CT molecular complexity index is 1770. The van der Waals surface area contributed by atoms with Crippen LogP contribution in [-0.4, -0.2) is 37.2 Å². The first-order valence-electron chi connectivity index (χ1n) is 28.3. The van der Waals surface area contributed by atoms with Crippen LogP contribution < -0.4 is 0 Å². The summed E-state index contributed by atoms with van der Waals surface area (Å²) in [5.41, 5.74) is 0. The lowest BCUT2D eigenvalue weighted by Gasteiger charge is -2.18. The van der Waals surface area contributed by atoms with Crippen LogP contribution in [0.4, 0.5) is 0 Å². The first kappa shape index (κ1) is 67.5. The molecule has 0 saturated heterocycles. The minimum atomic E-state index is -0.848. The number of hydrogen-bond donors (Lipinski definition) is 0. The molecule has 0 radical (unpaired) electrons. The van der Waals surface area contributed by atoms with Crippen LogP contribution in [0.5, 0.6) is 0 Å². The maximum Gasteiger partial charge on any atom is 0.306 e. The summed E-state index contributed by atoms with van der Waals surface area (Å²) in [6, 6.07) is 0. The number of carbonyl (C=O) groups is 3. The lowest BCUT2D eigenvalue weighted by atomic mass is 10.1. The maximum absolute atomic E-state index is 12.9. The molecule has 0 N–H and O–H groups in total. The molecule has 0 amide bonds. The molecule has 0 aromatic rings. The molecule has 1 unspecified atom stereocenters. The van der Waals surface area contributed by atoms with E-state index >= 15 is 0 Å². The Morgan fingerprint density at radius 1 is 0.274 bits per heavy atom. The molecule has 0 aliphatic carbocycles. The monoisotopic (exact) mass is 1000 g/mol. The lowest BCUT2D eigenvalue weighted by molar-refractivity contribution is -0.166. The van der Waals surface area contributed by atoms with Gasteiger partial charge in [0.15, 0.2) is 6.10 Å². The number of allylic oxidation sites excluding steroid dienone is 30. The molecule has 0 aliphatic rings. The second-order valence-electron chi connectivity index (χ2n) is 17.7. The molecule has 0 spiro atoms. The van der Waals surface area contributed by atoms with E-state index in [1.807, 2.05) is 12.2 Å². The zero-order valence-electron chi connectivity index (χ0n) is 46.1. The molecule has 6 heteroatoms. The second kappa shape index (κ2) is 59.1. The number of rotatable bonds is 48. The van der Waals surface area contributed by atoms with Crippen LogP contribution in [-0.2, 0) is 28.6 Å². The van der Waals surface area contributed by atoms with Gasteiger partial charge in [-0.1, -0.05) is 222 Å². The SMILES string of the molecule is CC/C=C\C/C=C\C/C=C\C/C=C\C/C=C\C/C=C\CCC(=O)OCC(COC(=O)CCCCCC/C=C\C/C=C\C/C=C\C/C=C\CC)OC(=O)CCCCC/C=C\C/C=C\C/C=C\C/C=C\C/C=C\CC. The van der Waals surface area contributed by atoms with Crippen LogP contribution in [0, 0.1) is 0 Å². The average molecular weight is 1000 g/mol. The van der Waals surface area contributed by atoms with Gasteiger partial charge in [0, 0.05) is 19.3 Å². The highest BCUT2D eigenvalue weighted by molar-refractivity contribution is 5.71. The molecule has 0 aromatic carbocycles. The van der Waals surface area contributed by atoms with Gasteiger partial charge < -0.3 is 14.2 Å². The van der Waals surface area contributed by atoms with Crippen molar-refractivity contribution in [3.63, 3.8) is 0 Å². The fraction of sp³-hybridized carbons (Fsp3) is 0.507. The predicted octanol–water partition coefficient (Wildman–Crippen LogP) is 19.3. The number of hydrogen-bond acceptors (Lipinski definition) is 6. The molecule has 0 fully saturated rings. The van der Waals surface area contributed by atoms with Gasteiger partial charge in [-0.05, 0) is 141 Å². The molecule has 0 aliphatic heterocycles. The molecule has 0 heterocycles. The Labute approximate surface area is 446 Å². The van der Waals surface area contributed by atoms with Crippen molar-refractivity contribution in [3.8, 4) is 0 Å². The van der Waals surface area contributed by atoms with Crippen molar-refractivity contribution < 1.29 is 28.6 Å². The highest BCUT2D eigenvalue weighted by Crippen LogP contribution is 2.11. The molecular formula is C67H100O6. The summed E-state index contributed by atoms with van der Waals surface area (Å²) in [4.78, 5) is 38.2. The lowest BCUT2D eigenvalue weighted by Crippen LogP contribution is -2.30. The summed E-state index contributed by atoms with van der Waals surface area (Å²) in [7, 11) is 0. The van der Waals surface area contributed by atoms with E-state index in [0.717, 1.165) is 148 Å². The maximum atomic E-state index is 12.9. The smallest absolute Gasteiger partial charge is 0.306 e. The number of carbonyl (C=O) groups excluding carboxylic acids is 3. The summed E-state index contributed by atoms with van der Waals surface area (Å²) in [5, 5.41) is 0. The minimum Gasteiger partial charge on any atom is -0.462 e. The van der Waals surface area contributed by atoms with Crippen LogP contribution in [0.25, 0.3) is 0 Å². The zero-order valence-corrected chi connectivity index (χ0v) is 46.1. The van der Waals surface area contributed by atoms with Gasteiger partial charge in [-0.25, -0.2) is 0 Å². The van der Waals surface area contributed by atoms with Crippen molar-refractivity contribution in [2.24, 2.45) is 0 Å². The van der Waals surface area contributed by atoms with E-state index in [0.29, 0.717) is 19.3 Å². The zero-order chi connectivity index (χ0) is 52.9. The summed E-state index contributed by atoms with van der Waals surface area (Å²) < 4.78 is 16.7. The van der Waals surface area contributed by atoms with Crippen LogP contribution in [0.2, 0.25) is 0 Å². The highest BCUT2D eigenvalue weighted by Gasteiger charge is 2.19. The molecule has 0 saturated carbocycles. The third-order valence-corrected chi connectivity index (χ3v) is 10.9. The summed E-state index contributed by atoms with van der Waals surface area (Å²) in [5.74, 6) is -1.09. The van der Waals surface area contributed by atoms with Crippen molar-refractivity contribution in [1.82, 2.24) is 0 Å². The quantitative estimate of drug-likeness (QED) is 0.0262. The first-order chi connectivity index (χ1) is 36.0. The summed E-state index contributed by atoms with van der Waals surface area (Å²) in [6.07, 6.45) is 88.9. The van der Waals surface area contributed by atoms with E-state index in [9.17, 15) is 14.4 Å². The van der Waals surface area contributed by atoms with Crippen molar-refractivity contribution in [3.05, 3.63) is 182 Å². The van der Waals surface area contributed by atoms with E-state index < -0.39 is 6.10 Å². The summed E-state index contributed by atoms with van der Waals surface area (Å²) >= 11 is 0. The Hall–Kier alpha value is -5.49. The fourth-order valence-electron chi connectivity index (χ4n) is 6.78. The Kier molecular flexibility index (Phi) is 54.6. The van der Waals surface area contributed by atoms with Crippen molar-refractivity contribution in [2.45, 2.75) is 207 Å². The first-order valence-corrected chi connectivity index (χ1v) is 28.3. The Morgan fingerprint density at radius 3 is 0.849 bits per heavy atom. The van der Waals surface area contributed by atoms with Gasteiger partial charge in [0.05, 0.1) is 0 Å².